The molecule has 44 heavy (non-hydrogen) atoms. The predicted octanol–water partition coefficient (Wildman–Crippen LogP) is 3.25. The summed E-state index contributed by atoms with van der Waals surface area (Å²) in [7, 11) is 7.68. The summed E-state index contributed by atoms with van der Waals surface area (Å²) in [5.74, 6) is 0.894. The molecule has 234 valence electrons. The monoisotopic (exact) mass is 600 g/mol. The van der Waals surface area contributed by atoms with Crippen LogP contribution in [0.4, 0.5) is 17.2 Å². The summed E-state index contributed by atoms with van der Waals surface area (Å²) < 4.78 is 0. The summed E-state index contributed by atoms with van der Waals surface area (Å²) in [6, 6.07) is 11.4. The lowest BCUT2D eigenvalue weighted by Crippen LogP contribution is -2.29. The zero-order valence-corrected chi connectivity index (χ0v) is 26.0. The average Bonchev–Trinajstić information content (AvgIpc) is 3.01. The molecule has 12 heteroatoms. The molecule has 12 nitrogen and oxygen atoms in total. The molecule has 0 aromatic carbocycles. The van der Waals surface area contributed by atoms with Crippen LogP contribution in [0.3, 0.4) is 0 Å². The largest absolute Gasteiger partial charge is 0.405 e. The first kappa shape index (κ1) is 33.5. The van der Waals surface area contributed by atoms with Crippen molar-refractivity contribution in [3.63, 3.8) is 0 Å². The zero-order valence-electron chi connectivity index (χ0n) is 26.0. The Kier molecular flexibility index (Phi) is 13.1. The van der Waals surface area contributed by atoms with Crippen molar-refractivity contribution in [3.05, 3.63) is 90.0 Å². The molecule has 4 rings (SSSR count). The Labute approximate surface area is 259 Å². The first-order chi connectivity index (χ1) is 21.2. The van der Waals surface area contributed by atoms with Crippen LogP contribution in [0, 0.1) is 0 Å². The average molecular weight is 601 g/mol. The van der Waals surface area contributed by atoms with E-state index in [1.54, 1.807) is 18.5 Å². The third kappa shape index (κ3) is 10.7. The van der Waals surface area contributed by atoms with Gasteiger partial charge in [-0.2, -0.15) is 5.10 Å². The van der Waals surface area contributed by atoms with Gasteiger partial charge in [-0.25, -0.2) is 0 Å². The number of nitrogens with zero attached hydrogens (tertiary/aromatic N) is 6. The molecule has 0 spiro atoms. The molecular weight excluding hydrogens is 556 g/mol. The second-order valence-electron chi connectivity index (χ2n) is 10.9. The van der Waals surface area contributed by atoms with Crippen molar-refractivity contribution in [1.29, 1.82) is 0 Å². The first-order valence-corrected chi connectivity index (χ1v) is 14.7. The normalized spacial score (nSPS) is 13.5. The van der Waals surface area contributed by atoms with Gasteiger partial charge in [0.1, 0.15) is 5.82 Å². The van der Waals surface area contributed by atoms with Crippen molar-refractivity contribution in [1.82, 2.24) is 25.5 Å². The highest BCUT2D eigenvalue weighted by molar-refractivity contribution is 5.91. The summed E-state index contributed by atoms with van der Waals surface area (Å²) in [5, 5.41) is 13.9. The third-order valence-electron chi connectivity index (χ3n) is 7.00. The summed E-state index contributed by atoms with van der Waals surface area (Å²) in [6.07, 6.45) is 14.4. The van der Waals surface area contributed by atoms with E-state index in [0.29, 0.717) is 17.4 Å². The Morgan fingerprint density at radius 3 is 1.98 bits per heavy atom. The molecule has 3 heterocycles. The Morgan fingerprint density at radius 1 is 0.864 bits per heavy atom. The van der Waals surface area contributed by atoms with Crippen LogP contribution >= 0.6 is 0 Å². The molecule has 1 aliphatic rings. The number of carbonyl (C=O) groups excluding carboxylic acids is 2. The topological polar surface area (TPSA) is 168 Å². The molecule has 1 aliphatic carbocycles. The smallest absolute Gasteiger partial charge is 0.231 e. The molecule has 0 saturated heterocycles. The van der Waals surface area contributed by atoms with E-state index in [2.05, 4.69) is 30.8 Å². The minimum absolute atomic E-state index is 0.137. The number of allylic oxidation sites excluding steroid dienone is 2. The van der Waals surface area contributed by atoms with Gasteiger partial charge in [-0.15, -0.1) is 5.10 Å². The lowest BCUT2D eigenvalue weighted by molar-refractivity contribution is -0.119. The number of anilines is 3. The minimum Gasteiger partial charge on any atom is -0.405 e. The number of carbonyl (C=O) groups is 2. The van der Waals surface area contributed by atoms with Gasteiger partial charge in [-0.1, -0.05) is 19.3 Å². The van der Waals surface area contributed by atoms with E-state index in [9.17, 15) is 9.59 Å². The molecule has 0 unspecified atom stereocenters. The minimum atomic E-state index is -0.221. The third-order valence-corrected chi connectivity index (χ3v) is 7.00. The van der Waals surface area contributed by atoms with Crippen LogP contribution in [0.2, 0.25) is 0 Å². The van der Waals surface area contributed by atoms with Crippen LogP contribution in [0.5, 0.6) is 0 Å². The number of nitrogens with two attached hydrogens (primary N) is 2. The number of hydrogen-bond donors (Lipinski definition) is 4. The number of rotatable bonds is 10. The molecule has 2 amide bonds. The van der Waals surface area contributed by atoms with Gasteiger partial charge in [0.25, 0.3) is 0 Å². The molecule has 0 bridgehead atoms. The highest BCUT2D eigenvalue weighted by Gasteiger charge is 2.18. The van der Waals surface area contributed by atoms with E-state index in [1.807, 2.05) is 74.4 Å². The van der Waals surface area contributed by atoms with E-state index in [-0.39, 0.29) is 30.5 Å². The quantitative estimate of drug-likeness (QED) is 0.254. The molecule has 1 fully saturated rings. The van der Waals surface area contributed by atoms with Crippen LogP contribution in [0.15, 0.2) is 73.0 Å². The van der Waals surface area contributed by atoms with Gasteiger partial charge < -0.3 is 31.9 Å². The van der Waals surface area contributed by atoms with Crippen molar-refractivity contribution in [3.8, 4) is 0 Å². The second kappa shape index (κ2) is 17.2. The van der Waals surface area contributed by atoms with Crippen molar-refractivity contribution in [2.45, 2.75) is 50.9 Å². The van der Waals surface area contributed by atoms with Crippen LogP contribution in [0.1, 0.15) is 55.1 Å². The number of pyridine rings is 2. The van der Waals surface area contributed by atoms with E-state index in [0.717, 1.165) is 22.8 Å². The summed E-state index contributed by atoms with van der Waals surface area (Å²) >= 11 is 0. The predicted molar refractivity (Wildman–Crippen MR) is 175 cm³/mol. The molecular formula is C32H44N10O2. The number of amides is 2. The van der Waals surface area contributed by atoms with Crippen molar-refractivity contribution >= 4 is 29.0 Å². The highest BCUT2D eigenvalue weighted by atomic mass is 16.2. The van der Waals surface area contributed by atoms with Crippen LogP contribution in [0.25, 0.3) is 0 Å². The van der Waals surface area contributed by atoms with Crippen molar-refractivity contribution in [2.75, 3.05) is 43.3 Å². The van der Waals surface area contributed by atoms with Crippen molar-refractivity contribution < 1.29 is 9.59 Å². The molecule has 3 aromatic heterocycles. The molecule has 0 aliphatic heterocycles. The summed E-state index contributed by atoms with van der Waals surface area (Å²) in [5.41, 5.74) is 15.1. The molecule has 6 N–H and O–H groups in total. The maximum Gasteiger partial charge on any atom is 0.231 e. The molecule has 0 radical (unpaired) electrons. The number of aromatic nitrogens is 4. The fourth-order valence-electron chi connectivity index (χ4n) is 4.87. The second-order valence-corrected chi connectivity index (χ2v) is 10.9. The summed E-state index contributed by atoms with van der Waals surface area (Å²) in [4.78, 5) is 36.5. The number of hydrogen-bond acceptors (Lipinski definition) is 10. The van der Waals surface area contributed by atoms with Crippen LogP contribution in [-0.2, 0) is 22.4 Å². The Morgan fingerprint density at radius 2 is 1.45 bits per heavy atom. The van der Waals surface area contributed by atoms with Crippen LogP contribution < -0.4 is 31.9 Å². The number of nitrogens with one attached hydrogen (secondary N) is 2. The van der Waals surface area contributed by atoms with Crippen LogP contribution in [-0.4, -0.2) is 60.2 Å². The van der Waals surface area contributed by atoms with Gasteiger partial charge in [0.2, 0.25) is 11.8 Å². The van der Waals surface area contributed by atoms with Gasteiger partial charge in [0, 0.05) is 46.5 Å². The lowest BCUT2D eigenvalue weighted by Gasteiger charge is -2.20. The SMILES string of the molecule is CN(C)c1cccnc1CC(=O)N/C(N)=C/C=C\N.CN(C)c1cccnc1CC(=O)Nc1ccc(C2CCCCC2)nn1. The van der Waals surface area contributed by atoms with E-state index < -0.39 is 0 Å². The zero-order chi connectivity index (χ0) is 31.9. The maximum atomic E-state index is 12.3. The fraction of sp³-hybridized carbons (Fsp3) is 0.375. The summed E-state index contributed by atoms with van der Waals surface area (Å²) in [6.45, 7) is 0. The fourth-order valence-corrected chi connectivity index (χ4v) is 4.87. The standard InChI is InChI=1S/C19H25N5O.C13H19N5O/c1-24(2)17-9-6-12-20-16(17)13-19(25)21-18-11-10-15(22-23-18)14-7-4-3-5-8-14;1-18(2)11-5-4-8-16-10(11)9-13(19)17-12(15)6-3-7-14/h6,9-12,14H,3-5,7-8,13H2,1-2H3,(H,21,23,25);3-8H,9,14-15H2,1-2H3,(H,17,19)/b;7-3-,12-6+. The van der Waals surface area contributed by atoms with Gasteiger partial charge >= 0.3 is 0 Å². The molecule has 3 aromatic rings. The van der Waals surface area contributed by atoms with Gasteiger partial charge in [-0.3, -0.25) is 19.6 Å². The Balaban J connectivity index is 0.000000251. The molecule has 1 saturated carbocycles. The van der Waals surface area contributed by atoms with Gasteiger partial charge in [-0.05, 0) is 67.6 Å². The van der Waals surface area contributed by atoms with E-state index >= 15 is 0 Å². The lowest BCUT2D eigenvalue weighted by atomic mass is 9.87. The van der Waals surface area contributed by atoms with Gasteiger partial charge in [0.15, 0.2) is 5.82 Å². The van der Waals surface area contributed by atoms with Gasteiger partial charge in [0.05, 0.1) is 41.3 Å². The highest BCUT2D eigenvalue weighted by Crippen LogP contribution is 2.31. The van der Waals surface area contributed by atoms with Crippen molar-refractivity contribution in [2.24, 2.45) is 11.5 Å². The Bertz CT molecular complexity index is 1410. The van der Waals surface area contributed by atoms with E-state index in [1.165, 1.54) is 44.4 Å². The van der Waals surface area contributed by atoms with E-state index in [4.69, 9.17) is 11.5 Å². The molecule has 0 atom stereocenters. The first-order valence-electron chi connectivity index (χ1n) is 14.7. The Hall–Kier alpha value is -5.00. The maximum absolute atomic E-state index is 12.3.